The molecule has 13 heavy (non-hydrogen) atoms. The minimum atomic E-state index is -0.00795. The molecule has 0 radical (unpaired) electrons. The lowest BCUT2D eigenvalue weighted by Crippen LogP contribution is -2.13. The van der Waals surface area contributed by atoms with E-state index in [-0.39, 0.29) is 12.0 Å². The predicted octanol–water partition coefficient (Wildman–Crippen LogP) is 1.39. The summed E-state index contributed by atoms with van der Waals surface area (Å²) in [5.41, 5.74) is 1.18. The van der Waals surface area contributed by atoms with Crippen LogP contribution >= 0.6 is 0 Å². The Balaban J connectivity index is 2.13. The highest BCUT2D eigenvalue weighted by atomic mass is 16.3. The van der Waals surface area contributed by atoms with E-state index >= 15 is 0 Å². The Hall–Kier alpha value is -0.830. The minimum Gasteiger partial charge on any atom is -0.395 e. The second-order valence-electron chi connectivity index (χ2n) is 3.95. The van der Waals surface area contributed by atoms with Crippen molar-refractivity contribution in [1.29, 1.82) is 0 Å². The standard InChI is InChI=1S/C10H16N2O/c1-2-3-8-6-11-9(12-8)10(7-13)4-5-10/h6,13H,2-5,7H2,1H3,(H,11,12). The summed E-state index contributed by atoms with van der Waals surface area (Å²) in [5, 5.41) is 9.19. The SMILES string of the molecule is CCCc1cnc(C2(CO)CC2)[nH]1. The first-order chi connectivity index (χ1) is 6.30. The van der Waals surface area contributed by atoms with E-state index in [2.05, 4.69) is 16.9 Å². The molecule has 1 saturated carbocycles. The largest absolute Gasteiger partial charge is 0.395 e. The third-order valence-corrected chi connectivity index (χ3v) is 2.81. The molecule has 0 bridgehead atoms. The highest BCUT2D eigenvalue weighted by Crippen LogP contribution is 2.46. The van der Waals surface area contributed by atoms with Crippen molar-refractivity contribution >= 4 is 0 Å². The highest BCUT2D eigenvalue weighted by molar-refractivity contribution is 5.20. The fraction of sp³-hybridized carbons (Fsp3) is 0.700. The summed E-state index contributed by atoms with van der Waals surface area (Å²) in [7, 11) is 0. The van der Waals surface area contributed by atoms with E-state index in [1.807, 2.05) is 6.20 Å². The molecular formula is C10H16N2O. The molecule has 0 unspecified atom stereocenters. The van der Waals surface area contributed by atoms with Gasteiger partial charge in [0.05, 0.1) is 12.0 Å². The van der Waals surface area contributed by atoms with Crippen LogP contribution in [0.4, 0.5) is 0 Å². The molecule has 1 heterocycles. The molecule has 1 fully saturated rings. The molecule has 1 aliphatic carbocycles. The zero-order valence-corrected chi connectivity index (χ0v) is 8.01. The molecule has 1 aliphatic rings. The van der Waals surface area contributed by atoms with Gasteiger partial charge in [-0.25, -0.2) is 4.98 Å². The first-order valence-electron chi connectivity index (χ1n) is 4.96. The molecule has 0 aromatic carbocycles. The van der Waals surface area contributed by atoms with Gasteiger partial charge in [0.25, 0.3) is 0 Å². The van der Waals surface area contributed by atoms with Crippen molar-refractivity contribution in [3.8, 4) is 0 Å². The van der Waals surface area contributed by atoms with Crippen LogP contribution in [0.1, 0.15) is 37.7 Å². The summed E-state index contributed by atoms with van der Waals surface area (Å²) in [6, 6.07) is 0. The molecule has 1 aromatic rings. The molecule has 3 heteroatoms. The van der Waals surface area contributed by atoms with Crippen molar-refractivity contribution in [3.05, 3.63) is 17.7 Å². The fourth-order valence-corrected chi connectivity index (χ4v) is 1.65. The van der Waals surface area contributed by atoms with Gasteiger partial charge in [-0.3, -0.25) is 0 Å². The fourth-order valence-electron chi connectivity index (χ4n) is 1.65. The van der Waals surface area contributed by atoms with Gasteiger partial charge in [-0.15, -0.1) is 0 Å². The molecule has 0 spiro atoms. The molecule has 0 saturated heterocycles. The lowest BCUT2D eigenvalue weighted by molar-refractivity contribution is 0.250. The number of aliphatic hydroxyl groups is 1. The summed E-state index contributed by atoms with van der Waals surface area (Å²) in [4.78, 5) is 7.62. The van der Waals surface area contributed by atoms with Crippen LogP contribution in [-0.2, 0) is 11.8 Å². The van der Waals surface area contributed by atoms with E-state index in [9.17, 15) is 5.11 Å². The van der Waals surface area contributed by atoms with Crippen molar-refractivity contribution < 1.29 is 5.11 Å². The zero-order valence-electron chi connectivity index (χ0n) is 8.01. The van der Waals surface area contributed by atoms with Crippen molar-refractivity contribution in [2.75, 3.05) is 6.61 Å². The molecule has 0 amide bonds. The summed E-state index contributed by atoms with van der Waals surface area (Å²) < 4.78 is 0. The number of hydrogen-bond donors (Lipinski definition) is 2. The van der Waals surface area contributed by atoms with Crippen LogP contribution in [0.5, 0.6) is 0 Å². The molecule has 0 aliphatic heterocycles. The first kappa shape index (κ1) is 8.75. The molecule has 1 aromatic heterocycles. The van der Waals surface area contributed by atoms with E-state index in [1.165, 1.54) is 5.69 Å². The van der Waals surface area contributed by atoms with Gasteiger partial charge in [-0.05, 0) is 19.3 Å². The third kappa shape index (κ3) is 1.48. The Labute approximate surface area is 78.2 Å². The number of imidazole rings is 1. The molecule has 3 nitrogen and oxygen atoms in total. The quantitative estimate of drug-likeness (QED) is 0.735. The second kappa shape index (κ2) is 3.14. The first-order valence-corrected chi connectivity index (χ1v) is 4.96. The molecule has 72 valence electrons. The summed E-state index contributed by atoms with van der Waals surface area (Å²) in [6.07, 6.45) is 6.22. The Kier molecular flexibility index (Phi) is 2.12. The van der Waals surface area contributed by atoms with Gasteiger partial charge in [-0.2, -0.15) is 0 Å². The van der Waals surface area contributed by atoms with E-state index in [0.29, 0.717) is 0 Å². The van der Waals surface area contributed by atoms with Crippen LogP contribution in [0.2, 0.25) is 0 Å². The van der Waals surface area contributed by atoms with Gasteiger partial charge < -0.3 is 10.1 Å². The van der Waals surface area contributed by atoms with Crippen LogP contribution < -0.4 is 0 Å². The average Bonchev–Trinajstić information content (AvgIpc) is 2.82. The summed E-state index contributed by atoms with van der Waals surface area (Å²) in [6.45, 7) is 2.38. The van der Waals surface area contributed by atoms with E-state index < -0.39 is 0 Å². The van der Waals surface area contributed by atoms with Gasteiger partial charge in [0.15, 0.2) is 0 Å². The van der Waals surface area contributed by atoms with Gasteiger partial charge in [0.1, 0.15) is 5.82 Å². The molecule has 0 atom stereocenters. The Morgan fingerprint density at radius 3 is 2.92 bits per heavy atom. The minimum absolute atomic E-state index is 0.00795. The van der Waals surface area contributed by atoms with E-state index in [0.717, 1.165) is 31.5 Å². The monoisotopic (exact) mass is 180 g/mol. The van der Waals surface area contributed by atoms with Gasteiger partial charge in [0, 0.05) is 11.9 Å². The maximum absolute atomic E-state index is 9.19. The van der Waals surface area contributed by atoms with Crippen LogP contribution in [0.3, 0.4) is 0 Å². The smallest absolute Gasteiger partial charge is 0.114 e. The third-order valence-electron chi connectivity index (χ3n) is 2.81. The predicted molar refractivity (Wildman–Crippen MR) is 50.6 cm³/mol. The lowest BCUT2D eigenvalue weighted by atomic mass is 10.1. The van der Waals surface area contributed by atoms with Crippen LogP contribution in [0.15, 0.2) is 6.20 Å². The van der Waals surface area contributed by atoms with Gasteiger partial charge in [0.2, 0.25) is 0 Å². The number of H-pyrrole nitrogens is 1. The Bertz CT molecular complexity index is 289. The van der Waals surface area contributed by atoms with Crippen molar-refractivity contribution in [2.45, 2.75) is 38.0 Å². The number of nitrogens with one attached hydrogen (secondary N) is 1. The molecular weight excluding hydrogens is 164 g/mol. The topological polar surface area (TPSA) is 48.9 Å². The van der Waals surface area contributed by atoms with E-state index in [1.54, 1.807) is 0 Å². The highest BCUT2D eigenvalue weighted by Gasteiger charge is 2.46. The van der Waals surface area contributed by atoms with Crippen LogP contribution in [-0.4, -0.2) is 21.7 Å². The maximum atomic E-state index is 9.19. The number of aliphatic hydroxyl groups excluding tert-OH is 1. The van der Waals surface area contributed by atoms with Crippen LogP contribution in [0.25, 0.3) is 0 Å². The molecule has 2 N–H and O–H groups in total. The number of aromatic amines is 1. The van der Waals surface area contributed by atoms with Crippen LogP contribution in [0, 0.1) is 0 Å². The van der Waals surface area contributed by atoms with Crippen molar-refractivity contribution in [1.82, 2.24) is 9.97 Å². The van der Waals surface area contributed by atoms with Gasteiger partial charge >= 0.3 is 0 Å². The van der Waals surface area contributed by atoms with Gasteiger partial charge in [-0.1, -0.05) is 13.3 Å². The maximum Gasteiger partial charge on any atom is 0.114 e. The number of aromatic nitrogens is 2. The number of rotatable bonds is 4. The number of hydrogen-bond acceptors (Lipinski definition) is 2. The van der Waals surface area contributed by atoms with Crippen molar-refractivity contribution in [3.63, 3.8) is 0 Å². The average molecular weight is 180 g/mol. The zero-order chi connectivity index (χ0) is 9.31. The Morgan fingerprint density at radius 1 is 1.62 bits per heavy atom. The summed E-state index contributed by atoms with van der Waals surface area (Å²) >= 11 is 0. The second-order valence-corrected chi connectivity index (χ2v) is 3.95. The number of aryl methyl sites for hydroxylation is 1. The summed E-state index contributed by atoms with van der Waals surface area (Å²) in [5.74, 6) is 0.985. The van der Waals surface area contributed by atoms with Crippen molar-refractivity contribution in [2.24, 2.45) is 0 Å². The molecule has 2 rings (SSSR count). The lowest BCUT2D eigenvalue weighted by Gasteiger charge is -2.06. The number of nitrogens with zero attached hydrogens (tertiary/aromatic N) is 1. The normalized spacial score (nSPS) is 18.9. The Morgan fingerprint density at radius 2 is 2.38 bits per heavy atom. The van der Waals surface area contributed by atoms with E-state index in [4.69, 9.17) is 0 Å².